The number of anilines is 1. The quantitative estimate of drug-likeness (QED) is 0.236. The normalized spacial score (nSPS) is 10.7. The second-order valence-electron chi connectivity index (χ2n) is 7.25. The van der Waals surface area contributed by atoms with Gasteiger partial charge in [-0.3, -0.25) is 4.79 Å². The highest BCUT2D eigenvalue weighted by Crippen LogP contribution is 2.30. The zero-order valence-corrected chi connectivity index (χ0v) is 20.0. The number of nitrogens with one attached hydrogen (secondary N) is 1. The van der Waals surface area contributed by atoms with Crippen LogP contribution < -0.4 is 14.8 Å². The van der Waals surface area contributed by atoms with Crippen LogP contribution >= 0.6 is 11.6 Å². The molecule has 0 saturated carbocycles. The molecule has 0 heterocycles. The monoisotopic (exact) mass is 490 g/mol. The summed E-state index contributed by atoms with van der Waals surface area (Å²) in [6.45, 7) is 2.28. The standard InChI is InChI=1S/C27H23ClN2O5/c1-3-34-27(32)20-7-11-23(12-8-20)30-26(31)21(16-29)14-19-6-13-24(33-2)25(15-19)35-17-18-4-9-22(28)10-5-18/h4-15H,3,17H2,1-2H3,(H,30,31)/b21-14+. The van der Waals surface area contributed by atoms with Crippen LogP contribution in [0.1, 0.15) is 28.4 Å². The lowest BCUT2D eigenvalue weighted by Gasteiger charge is -2.12. The summed E-state index contributed by atoms with van der Waals surface area (Å²) in [5, 5.41) is 12.8. The molecular formula is C27H23ClN2O5. The Hall–Kier alpha value is -4.28. The highest BCUT2D eigenvalue weighted by Gasteiger charge is 2.13. The Balaban J connectivity index is 1.74. The zero-order chi connectivity index (χ0) is 25.2. The molecule has 0 unspecified atom stereocenters. The molecule has 8 heteroatoms. The molecule has 3 aromatic rings. The maximum atomic E-state index is 12.7. The number of hydrogen-bond acceptors (Lipinski definition) is 6. The van der Waals surface area contributed by atoms with Crippen molar-refractivity contribution in [3.05, 3.63) is 94.0 Å². The summed E-state index contributed by atoms with van der Waals surface area (Å²) in [5.41, 5.74) is 2.20. The van der Waals surface area contributed by atoms with Gasteiger partial charge in [0.05, 0.1) is 19.3 Å². The lowest BCUT2D eigenvalue weighted by Crippen LogP contribution is -2.13. The van der Waals surface area contributed by atoms with Crippen LogP contribution in [0, 0.1) is 11.3 Å². The van der Waals surface area contributed by atoms with Gasteiger partial charge >= 0.3 is 5.97 Å². The van der Waals surface area contributed by atoms with Gasteiger partial charge in [0, 0.05) is 10.7 Å². The molecule has 0 spiro atoms. The Bertz CT molecular complexity index is 1260. The van der Waals surface area contributed by atoms with Crippen molar-refractivity contribution in [1.29, 1.82) is 5.26 Å². The number of carbonyl (C=O) groups excluding carboxylic acids is 2. The number of halogens is 1. The van der Waals surface area contributed by atoms with Gasteiger partial charge < -0.3 is 19.5 Å². The van der Waals surface area contributed by atoms with E-state index >= 15 is 0 Å². The molecule has 7 nitrogen and oxygen atoms in total. The van der Waals surface area contributed by atoms with Crippen molar-refractivity contribution in [2.75, 3.05) is 19.0 Å². The Kier molecular flexibility index (Phi) is 8.88. The fraction of sp³-hybridized carbons (Fsp3) is 0.148. The molecule has 0 bridgehead atoms. The number of benzene rings is 3. The summed E-state index contributed by atoms with van der Waals surface area (Å²) in [4.78, 5) is 24.4. The molecule has 0 fully saturated rings. The summed E-state index contributed by atoms with van der Waals surface area (Å²) >= 11 is 5.92. The van der Waals surface area contributed by atoms with E-state index < -0.39 is 11.9 Å². The van der Waals surface area contributed by atoms with E-state index in [1.54, 1.807) is 49.4 Å². The lowest BCUT2D eigenvalue weighted by atomic mass is 10.1. The number of ether oxygens (including phenoxy) is 3. The van der Waals surface area contributed by atoms with Crippen LogP contribution in [0.15, 0.2) is 72.3 Å². The molecule has 1 amide bonds. The Morgan fingerprint density at radius 1 is 1.03 bits per heavy atom. The molecule has 3 rings (SSSR count). The first-order valence-corrected chi connectivity index (χ1v) is 11.1. The van der Waals surface area contributed by atoms with E-state index in [9.17, 15) is 14.9 Å². The van der Waals surface area contributed by atoms with E-state index in [2.05, 4.69) is 5.32 Å². The first-order valence-electron chi connectivity index (χ1n) is 10.7. The number of nitriles is 1. The highest BCUT2D eigenvalue weighted by atomic mass is 35.5. The third-order valence-corrected chi connectivity index (χ3v) is 5.08. The molecule has 1 N–H and O–H groups in total. The van der Waals surface area contributed by atoms with E-state index in [4.69, 9.17) is 25.8 Å². The maximum absolute atomic E-state index is 12.7. The molecule has 0 aromatic heterocycles. The molecule has 0 aliphatic heterocycles. The number of hydrogen-bond donors (Lipinski definition) is 1. The summed E-state index contributed by atoms with van der Waals surface area (Å²) in [5.74, 6) is -0.0587. The minimum atomic E-state index is -0.587. The molecule has 3 aromatic carbocycles. The number of rotatable bonds is 9. The van der Waals surface area contributed by atoms with Gasteiger partial charge in [-0.2, -0.15) is 5.26 Å². The van der Waals surface area contributed by atoms with E-state index in [0.717, 1.165) is 5.56 Å². The van der Waals surface area contributed by atoms with E-state index in [0.29, 0.717) is 33.3 Å². The number of methoxy groups -OCH3 is 1. The molecule has 0 aliphatic rings. The zero-order valence-electron chi connectivity index (χ0n) is 19.2. The molecule has 0 saturated heterocycles. The van der Waals surface area contributed by atoms with Gasteiger partial charge in [-0.25, -0.2) is 4.79 Å². The van der Waals surface area contributed by atoms with Gasteiger partial charge in [-0.1, -0.05) is 29.8 Å². The van der Waals surface area contributed by atoms with Gasteiger partial charge in [0.2, 0.25) is 0 Å². The van der Waals surface area contributed by atoms with Crippen molar-refractivity contribution >= 4 is 35.2 Å². The van der Waals surface area contributed by atoms with Crippen molar-refractivity contribution in [2.24, 2.45) is 0 Å². The van der Waals surface area contributed by atoms with Crippen molar-refractivity contribution in [3.63, 3.8) is 0 Å². The first-order chi connectivity index (χ1) is 16.9. The maximum Gasteiger partial charge on any atom is 0.338 e. The van der Waals surface area contributed by atoms with Crippen molar-refractivity contribution in [2.45, 2.75) is 13.5 Å². The van der Waals surface area contributed by atoms with Crippen LogP contribution in [0.3, 0.4) is 0 Å². The van der Waals surface area contributed by atoms with Gasteiger partial charge in [-0.05, 0) is 72.7 Å². The fourth-order valence-electron chi connectivity index (χ4n) is 3.06. The molecular weight excluding hydrogens is 468 g/mol. The minimum absolute atomic E-state index is 0.103. The van der Waals surface area contributed by atoms with E-state index in [-0.39, 0.29) is 18.8 Å². The van der Waals surface area contributed by atoms with Crippen molar-refractivity contribution < 1.29 is 23.8 Å². The average Bonchev–Trinajstić information content (AvgIpc) is 2.87. The molecule has 0 radical (unpaired) electrons. The fourth-order valence-corrected chi connectivity index (χ4v) is 3.18. The Labute approximate surface area is 208 Å². The van der Waals surface area contributed by atoms with Crippen LogP contribution in [0.25, 0.3) is 6.08 Å². The second-order valence-corrected chi connectivity index (χ2v) is 7.68. The summed E-state index contributed by atoms with van der Waals surface area (Å²) in [7, 11) is 1.53. The number of esters is 1. The van der Waals surface area contributed by atoms with E-state index in [1.807, 2.05) is 18.2 Å². The largest absolute Gasteiger partial charge is 0.493 e. The van der Waals surface area contributed by atoms with Gasteiger partial charge in [0.25, 0.3) is 5.91 Å². The molecule has 178 valence electrons. The molecule has 0 atom stereocenters. The van der Waals surface area contributed by atoms with Gasteiger partial charge in [0.15, 0.2) is 11.5 Å². The third-order valence-electron chi connectivity index (χ3n) is 4.83. The Morgan fingerprint density at radius 2 is 1.74 bits per heavy atom. The van der Waals surface area contributed by atoms with Crippen LogP contribution in [0.2, 0.25) is 5.02 Å². The third kappa shape index (κ3) is 7.10. The summed E-state index contributed by atoms with van der Waals surface area (Å²) in [6, 6.07) is 20.5. The van der Waals surface area contributed by atoms with Crippen molar-refractivity contribution in [3.8, 4) is 17.6 Å². The predicted octanol–water partition coefficient (Wildman–Crippen LogP) is 5.65. The van der Waals surface area contributed by atoms with Crippen LogP contribution in [0.4, 0.5) is 5.69 Å². The predicted molar refractivity (Wildman–Crippen MR) is 133 cm³/mol. The first kappa shape index (κ1) is 25.3. The number of nitrogens with zero attached hydrogens (tertiary/aromatic N) is 1. The van der Waals surface area contributed by atoms with Gasteiger partial charge in [0.1, 0.15) is 18.2 Å². The highest BCUT2D eigenvalue weighted by molar-refractivity contribution is 6.30. The van der Waals surface area contributed by atoms with Crippen LogP contribution in [0.5, 0.6) is 11.5 Å². The lowest BCUT2D eigenvalue weighted by molar-refractivity contribution is -0.112. The summed E-state index contributed by atoms with van der Waals surface area (Å²) in [6.07, 6.45) is 1.46. The smallest absolute Gasteiger partial charge is 0.338 e. The average molecular weight is 491 g/mol. The number of amides is 1. The topological polar surface area (TPSA) is 97.7 Å². The molecule has 35 heavy (non-hydrogen) atoms. The summed E-state index contributed by atoms with van der Waals surface area (Å²) < 4.78 is 16.2. The van der Waals surface area contributed by atoms with Crippen LogP contribution in [-0.4, -0.2) is 25.6 Å². The number of carbonyl (C=O) groups is 2. The minimum Gasteiger partial charge on any atom is -0.493 e. The van der Waals surface area contributed by atoms with E-state index in [1.165, 1.54) is 25.3 Å². The van der Waals surface area contributed by atoms with Crippen molar-refractivity contribution in [1.82, 2.24) is 0 Å². The molecule has 0 aliphatic carbocycles. The second kappa shape index (κ2) is 12.3. The SMILES string of the molecule is CCOC(=O)c1ccc(NC(=O)/C(C#N)=C/c2ccc(OC)c(OCc3ccc(Cl)cc3)c2)cc1. The van der Waals surface area contributed by atoms with Gasteiger partial charge in [-0.15, -0.1) is 0 Å². The van der Waals surface area contributed by atoms with Crippen LogP contribution in [-0.2, 0) is 16.1 Å². The Morgan fingerprint density at radius 3 is 2.37 bits per heavy atom.